The molecular formula is C37H23N5. The predicted molar refractivity (Wildman–Crippen MR) is 167 cm³/mol. The van der Waals surface area contributed by atoms with E-state index in [-0.39, 0.29) is 0 Å². The summed E-state index contributed by atoms with van der Waals surface area (Å²) < 4.78 is 0. The van der Waals surface area contributed by atoms with Crippen LogP contribution in [0.1, 0.15) is 5.56 Å². The molecule has 0 aliphatic heterocycles. The molecule has 0 saturated carbocycles. The van der Waals surface area contributed by atoms with Gasteiger partial charge in [0, 0.05) is 29.1 Å². The summed E-state index contributed by atoms with van der Waals surface area (Å²) in [6, 6.07) is 44.7. The molecule has 196 valence electrons. The highest BCUT2D eigenvalue weighted by molar-refractivity contribution is 5.98. The molecule has 2 aromatic heterocycles. The van der Waals surface area contributed by atoms with Crippen molar-refractivity contribution in [1.82, 2.24) is 19.9 Å². The molecule has 0 unspecified atom stereocenters. The summed E-state index contributed by atoms with van der Waals surface area (Å²) in [5.41, 5.74) is 7.47. The number of nitrogens with zero attached hydrogens (tertiary/aromatic N) is 5. The Labute approximate surface area is 243 Å². The molecule has 2 heterocycles. The Balaban J connectivity index is 1.47. The molecule has 0 N–H and O–H groups in total. The lowest BCUT2D eigenvalue weighted by atomic mass is 9.93. The number of benzene rings is 5. The van der Waals surface area contributed by atoms with Gasteiger partial charge in [-0.05, 0) is 87.6 Å². The van der Waals surface area contributed by atoms with Crippen molar-refractivity contribution < 1.29 is 0 Å². The molecular weight excluding hydrogens is 514 g/mol. The fourth-order valence-electron chi connectivity index (χ4n) is 5.14. The van der Waals surface area contributed by atoms with E-state index in [0.29, 0.717) is 23.0 Å². The molecule has 0 saturated heterocycles. The largest absolute Gasteiger partial charge is 0.265 e. The van der Waals surface area contributed by atoms with Crippen LogP contribution in [0.25, 0.3) is 67.2 Å². The van der Waals surface area contributed by atoms with Gasteiger partial charge in [0.2, 0.25) is 0 Å². The molecule has 5 heteroatoms. The third-order valence-corrected chi connectivity index (χ3v) is 7.25. The SMILES string of the molecule is N#Cc1ccc(-c2nc(-c3ccccc3)nc(-c3cc(-c4ccncc4)cc(-c4cccc5ccccc45)c3)n2)cc1. The van der Waals surface area contributed by atoms with E-state index in [0.717, 1.165) is 38.9 Å². The van der Waals surface area contributed by atoms with Crippen molar-refractivity contribution >= 4 is 10.8 Å². The maximum atomic E-state index is 9.30. The zero-order chi connectivity index (χ0) is 28.3. The molecule has 0 spiro atoms. The van der Waals surface area contributed by atoms with Crippen molar-refractivity contribution in [2.45, 2.75) is 0 Å². The van der Waals surface area contributed by atoms with E-state index in [1.807, 2.05) is 54.6 Å². The van der Waals surface area contributed by atoms with Gasteiger partial charge in [-0.1, -0.05) is 72.8 Å². The van der Waals surface area contributed by atoms with Crippen LogP contribution in [-0.2, 0) is 0 Å². The lowest BCUT2D eigenvalue weighted by Gasteiger charge is -2.13. The number of aromatic nitrogens is 4. The van der Waals surface area contributed by atoms with Gasteiger partial charge in [-0.15, -0.1) is 0 Å². The summed E-state index contributed by atoms with van der Waals surface area (Å²) in [6.07, 6.45) is 3.61. The monoisotopic (exact) mass is 537 g/mol. The molecule has 0 amide bonds. The molecule has 5 nitrogen and oxygen atoms in total. The van der Waals surface area contributed by atoms with Gasteiger partial charge >= 0.3 is 0 Å². The predicted octanol–water partition coefficient (Wildman–Crippen LogP) is 8.63. The third kappa shape index (κ3) is 4.90. The maximum Gasteiger partial charge on any atom is 0.164 e. The first-order valence-corrected chi connectivity index (χ1v) is 13.6. The summed E-state index contributed by atoms with van der Waals surface area (Å²) in [7, 11) is 0. The lowest BCUT2D eigenvalue weighted by molar-refractivity contribution is 1.07. The smallest absolute Gasteiger partial charge is 0.164 e. The van der Waals surface area contributed by atoms with E-state index >= 15 is 0 Å². The van der Waals surface area contributed by atoms with Crippen LogP contribution in [0.2, 0.25) is 0 Å². The van der Waals surface area contributed by atoms with E-state index < -0.39 is 0 Å². The van der Waals surface area contributed by atoms with Crippen molar-refractivity contribution in [2.24, 2.45) is 0 Å². The summed E-state index contributed by atoms with van der Waals surface area (Å²) >= 11 is 0. The fourth-order valence-corrected chi connectivity index (χ4v) is 5.14. The molecule has 5 aromatic carbocycles. The molecule has 7 rings (SSSR count). The van der Waals surface area contributed by atoms with Gasteiger partial charge in [0.25, 0.3) is 0 Å². The van der Waals surface area contributed by atoms with Crippen LogP contribution < -0.4 is 0 Å². The first-order valence-electron chi connectivity index (χ1n) is 13.6. The van der Waals surface area contributed by atoms with Crippen LogP contribution in [0.3, 0.4) is 0 Å². The summed E-state index contributed by atoms with van der Waals surface area (Å²) in [4.78, 5) is 19.0. The van der Waals surface area contributed by atoms with Gasteiger partial charge in [0.15, 0.2) is 17.5 Å². The highest BCUT2D eigenvalue weighted by Crippen LogP contribution is 2.36. The summed E-state index contributed by atoms with van der Waals surface area (Å²) in [6.45, 7) is 0. The Bertz CT molecular complexity index is 2080. The molecule has 0 radical (unpaired) electrons. The summed E-state index contributed by atoms with van der Waals surface area (Å²) in [5.74, 6) is 1.70. The van der Waals surface area contributed by atoms with Crippen LogP contribution in [-0.4, -0.2) is 19.9 Å². The van der Waals surface area contributed by atoms with Crippen LogP contribution in [0.5, 0.6) is 0 Å². The average molecular weight is 538 g/mol. The van der Waals surface area contributed by atoms with Gasteiger partial charge in [-0.25, -0.2) is 15.0 Å². The number of hydrogen-bond acceptors (Lipinski definition) is 5. The standard InChI is InChI=1S/C37H23N5/c38-24-25-13-15-29(16-14-25)36-40-35(28-8-2-1-3-9-28)41-37(42-36)32-22-30(26-17-19-39-20-18-26)21-31(23-32)34-12-6-10-27-7-4-5-11-33(27)34/h1-23H. The van der Waals surface area contributed by atoms with E-state index in [9.17, 15) is 5.26 Å². The first-order chi connectivity index (χ1) is 20.7. The van der Waals surface area contributed by atoms with Gasteiger partial charge in [-0.3, -0.25) is 4.98 Å². The van der Waals surface area contributed by atoms with Crippen molar-refractivity contribution in [3.05, 3.63) is 145 Å². The molecule has 42 heavy (non-hydrogen) atoms. The van der Waals surface area contributed by atoms with Crippen LogP contribution >= 0.6 is 0 Å². The molecule has 0 aliphatic rings. The Morgan fingerprint density at radius 2 is 1.05 bits per heavy atom. The minimum absolute atomic E-state index is 0.546. The van der Waals surface area contributed by atoms with Gasteiger partial charge < -0.3 is 0 Å². The highest BCUT2D eigenvalue weighted by atomic mass is 15.0. The Hall–Kier alpha value is -5.99. The van der Waals surface area contributed by atoms with Crippen molar-refractivity contribution in [3.63, 3.8) is 0 Å². The average Bonchev–Trinajstić information content (AvgIpc) is 3.08. The second-order valence-electron chi connectivity index (χ2n) is 9.92. The number of pyridine rings is 1. The van der Waals surface area contributed by atoms with Crippen molar-refractivity contribution in [3.8, 4) is 62.5 Å². The molecule has 0 fully saturated rings. The van der Waals surface area contributed by atoms with Crippen molar-refractivity contribution in [1.29, 1.82) is 5.26 Å². The molecule has 0 bridgehead atoms. The van der Waals surface area contributed by atoms with Crippen LogP contribution in [0.4, 0.5) is 0 Å². The minimum Gasteiger partial charge on any atom is -0.265 e. The molecule has 7 aromatic rings. The normalized spacial score (nSPS) is 10.8. The van der Waals surface area contributed by atoms with Crippen molar-refractivity contribution in [2.75, 3.05) is 0 Å². The number of fused-ring (bicyclic) bond motifs is 1. The molecule has 0 atom stereocenters. The Kier molecular flexibility index (Phi) is 6.48. The second kappa shape index (κ2) is 10.9. The zero-order valence-electron chi connectivity index (χ0n) is 22.5. The quantitative estimate of drug-likeness (QED) is 0.220. The van der Waals surface area contributed by atoms with Crippen LogP contribution in [0.15, 0.2) is 140 Å². The van der Waals surface area contributed by atoms with E-state index in [4.69, 9.17) is 15.0 Å². The van der Waals surface area contributed by atoms with Gasteiger partial charge in [0.1, 0.15) is 0 Å². The fraction of sp³-hybridized carbons (Fsp3) is 0. The van der Waals surface area contributed by atoms with Crippen LogP contribution in [0, 0.1) is 11.3 Å². The third-order valence-electron chi connectivity index (χ3n) is 7.25. The van der Waals surface area contributed by atoms with E-state index in [1.54, 1.807) is 24.5 Å². The highest BCUT2D eigenvalue weighted by Gasteiger charge is 2.15. The first kappa shape index (κ1) is 25.0. The summed E-state index contributed by atoms with van der Waals surface area (Å²) in [5, 5.41) is 11.7. The number of rotatable bonds is 5. The zero-order valence-corrected chi connectivity index (χ0v) is 22.5. The topological polar surface area (TPSA) is 75.3 Å². The molecule has 0 aliphatic carbocycles. The Morgan fingerprint density at radius 1 is 0.452 bits per heavy atom. The number of nitriles is 1. The Morgan fingerprint density at radius 3 is 1.79 bits per heavy atom. The van der Waals surface area contributed by atoms with Gasteiger partial charge in [-0.2, -0.15) is 5.26 Å². The second-order valence-corrected chi connectivity index (χ2v) is 9.92. The minimum atomic E-state index is 0.546. The van der Waals surface area contributed by atoms with Gasteiger partial charge in [0.05, 0.1) is 11.6 Å². The number of hydrogen-bond donors (Lipinski definition) is 0. The maximum absolute atomic E-state index is 9.30. The lowest BCUT2D eigenvalue weighted by Crippen LogP contribution is -2.00. The van der Waals surface area contributed by atoms with E-state index in [1.165, 1.54) is 10.8 Å². The van der Waals surface area contributed by atoms with E-state index in [2.05, 4.69) is 71.7 Å².